The smallest absolute Gasteiger partial charge is 0.323 e. The first-order valence-electron chi connectivity index (χ1n) is 4.52. The molecule has 1 atom stereocenters. The zero-order chi connectivity index (χ0) is 11.9. The number of carboxylic acid groups (broad SMARTS) is 1. The minimum Gasteiger partial charge on any atom is -0.480 e. The maximum atomic E-state index is 11.9. The van der Waals surface area contributed by atoms with Crippen LogP contribution in [0.25, 0.3) is 0 Å². The summed E-state index contributed by atoms with van der Waals surface area (Å²) in [6.45, 7) is 4.76. The van der Waals surface area contributed by atoms with Crippen molar-refractivity contribution in [1.29, 1.82) is 0 Å². The van der Waals surface area contributed by atoms with Crippen molar-refractivity contribution in [1.82, 2.24) is 4.31 Å². The van der Waals surface area contributed by atoms with Gasteiger partial charge in [0, 0.05) is 0 Å². The Hall–Kier alpha value is -0.660. The summed E-state index contributed by atoms with van der Waals surface area (Å²) in [4.78, 5) is 10.7. The van der Waals surface area contributed by atoms with Crippen LogP contribution in [-0.4, -0.2) is 47.9 Å². The molecule has 0 aromatic rings. The van der Waals surface area contributed by atoms with Crippen LogP contribution in [0.15, 0.2) is 0 Å². The molecular formula is C8H15NO5S. The third kappa shape index (κ3) is 2.14. The Morgan fingerprint density at radius 3 is 2.40 bits per heavy atom. The Kier molecular flexibility index (Phi) is 3.09. The van der Waals surface area contributed by atoms with E-state index in [4.69, 9.17) is 9.84 Å². The van der Waals surface area contributed by atoms with Crippen molar-refractivity contribution in [2.75, 3.05) is 13.3 Å². The number of sulfonamides is 1. The van der Waals surface area contributed by atoms with Gasteiger partial charge in [-0.15, -0.1) is 0 Å². The molecule has 0 saturated carbocycles. The third-order valence-corrected chi connectivity index (χ3v) is 4.75. The summed E-state index contributed by atoms with van der Waals surface area (Å²) in [6, 6.07) is 0. The lowest BCUT2D eigenvalue weighted by molar-refractivity contribution is -0.136. The van der Waals surface area contributed by atoms with Gasteiger partial charge in [-0.3, -0.25) is 4.79 Å². The lowest BCUT2D eigenvalue weighted by atomic mass is 10.1. The van der Waals surface area contributed by atoms with Gasteiger partial charge in [0.05, 0.1) is 12.1 Å². The number of carbonyl (C=O) groups is 1. The molecule has 0 radical (unpaired) electrons. The van der Waals surface area contributed by atoms with E-state index in [0.717, 1.165) is 11.2 Å². The molecule has 88 valence electrons. The zero-order valence-corrected chi connectivity index (χ0v) is 9.74. The van der Waals surface area contributed by atoms with Gasteiger partial charge in [-0.05, 0) is 20.8 Å². The van der Waals surface area contributed by atoms with E-state index in [0.29, 0.717) is 0 Å². The van der Waals surface area contributed by atoms with E-state index in [1.165, 1.54) is 0 Å². The fourth-order valence-electron chi connectivity index (χ4n) is 1.36. The Bertz CT molecular complexity index is 361. The Morgan fingerprint density at radius 2 is 2.07 bits per heavy atom. The number of hydrogen-bond acceptors (Lipinski definition) is 4. The van der Waals surface area contributed by atoms with Crippen molar-refractivity contribution in [3.63, 3.8) is 0 Å². The van der Waals surface area contributed by atoms with E-state index in [-0.39, 0.29) is 13.3 Å². The van der Waals surface area contributed by atoms with Crippen LogP contribution in [-0.2, 0) is 19.6 Å². The van der Waals surface area contributed by atoms with E-state index in [1.54, 1.807) is 13.8 Å². The van der Waals surface area contributed by atoms with Gasteiger partial charge in [0.15, 0.2) is 5.25 Å². The number of ether oxygens (including phenoxy) is 1. The maximum absolute atomic E-state index is 11.9. The topological polar surface area (TPSA) is 83.9 Å². The van der Waals surface area contributed by atoms with Crippen molar-refractivity contribution in [3.05, 3.63) is 0 Å². The quantitative estimate of drug-likeness (QED) is 0.738. The lowest BCUT2D eigenvalue weighted by Gasteiger charge is -2.29. The summed E-state index contributed by atoms with van der Waals surface area (Å²) < 4.78 is 29.8. The summed E-state index contributed by atoms with van der Waals surface area (Å²) in [5.74, 6) is -1.35. The highest BCUT2D eigenvalue weighted by Crippen LogP contribution is 2.27. The Labute approximate surface area is 88.9 Å². The molecule has 1 N–H and O–H groups in total. The van der Waals surface area contributed by atoms with Crippen LogP contribution in [0.1, 0.15) is 20.8 Å². The molecule has 1 rings (SSSR count). The van der Waals surface area contributed by atoms with Crippen LogP contribution in [0.2, 0.25) is 0 Å². The fourth-order valence-corrected chi connectivity index (χ4v) is 2.96. The predicted octanol–water partition coefficient (Wildman–Crippen LogP) is -0.142. The van der Waals surface area contributed by atoms with Crippen LogP contribution in [0.5, 0.6) is 0 Å². The number of aliphatic carboxylic acids is 1. The molecule has 0 amide bonds. The highest BCUT2D eigenvalue weighted by Gasteiger charge is 2.45. The molecule has 1 saturated heterocycles. The summed E-state index contributed by atoms with van der Waals surface area (Å²) in [5.41, 5.74) is -0.678. The summed E-state index contributed by atoms with van der Waals surface area (Å²) in [7, 11) is -3.84. The maximum Gasteiger partial charge on any atom is 0.323 e. The second kappa shape index (κ2) is 3.73. The van der Waals surface area contributed by atoms with E-state index >= 15 is 0 Å². The molecule has 1 unspecified atom stereocenters. The Morgan fingerprint density at radius 1 is 1.53 bits per heavy atom. The first-order chi connectivity index (χ1) is 6.69. The molecule has 1 aliphatic rings. The average Bonchev–Trinajstić information content (AvgIpc) is 2.44. The molecular weight excluding hydrogens is 222 g/mol. The van der Waals surface area contributed by atoms with E-state index in [2.05, 4.69) is 0 Å². The largest absolute Gasteiger partial charge is 0.480 e. The van der Waals surface area contributed by atoms with Gasteiger partial charge in [-0.2, -0.15) is 4.31 Å². The van der Waals surface area contributed by atoms with Gasteiger partial charge >= 0.3 is 5.97 Å². The van der Waals surface area contributed by atoms with E-state index < -0.39 is 26.8 Å². The molecule has 6 nitrogen and oxygen atoms in total. The number of nitrogens with zero attached hydrogens (tertiary/aromatic N) is 1. The van der Waals surface area contributed by atoms with Gasteiger partial charge in [0.25, 0.3) is 0 Å². The standard InChI is InChI=1S/C8H15NO5S/c1-6(7(10)11)15(12,13)9-5-14-4-8(9,2)3/h6H,4-5H2,1-3H3,(H,10,11). The van der Waals surface area contributed by atoms with Gasteiger partial charge in [-0.1, -0.05) is 0 Å². The zero-order valence-electron chi connectivity index (χ0n) is 8.93. The highest BCUT2D eigenvalue weighted by molar-refractivity contribution is 7.90. The molecule has 0 spiro atoms. The van der Waals surface area contributed by atoms with Crippen molar-refractivity contribution in [3.8, 4) is 0 Å². The minimum absolute atomic E-state index is 0.0764. The van der Waals surface area contributed by atoms with Crippen molar-refractivity contribution in [2.24, 2.45) is 0 Å². The minimum atomic E-state index is -3.84. The molecule has 15 heavy (non-hydrogen) atoms. The molecule has 0 bridgehead atoms. The van der Waals surface area contributed by atoms with Gasteiger partial charge in [0.1, 0.15) is 6.73 Å². The number of hydrogen-bond donors (Lipinski definition) is 1. The van der Waals surface area contributed by atoms with E-state index in [1.807, 2.05) is 0 Å². The van der Waals surface area contributed by atoms with E-state index in [9.17, 15) is 13.2 Å². The molecule has 7 heteroatoms. The molecule has 0 aromatic heterocycles. The van der Waals surface area contributed by atoms with Crippen LogP contribution in [0, 0.1) is 0 Å². The highest BCUT2D eigenvalue weighted by atomic mass is 32.2. The summed E-state index contributed by atoms with van der Waals surface area (Å²) in [5, 5.41) is 7.26. The normalized spacial score (nSPS) is 23.9. The number of rotatable bonds is 3. The van der Waals surface area contributed by atoms with Crippen molar-refractivity contribution < 1.29 is 23.1 Å². The lowest BCUT2D eigenvalue weighted by Crippen LogP contribution is -2.49. The second-order valence-corrected chi connectivity index (χ2v) is 6.34. The first kappa shape index (κ1) is 12.4. The third-order valence-electron chi connectivity index (χ3n) is 2.44. The molecule has 1 aliphatic heterocycles. The number of carboxylic acids is 1. The first-order valence-corrected chi connectivity index (χ1v) is 6.02. The van der Waals surface area contributed by atoms with Crippen LogP contribution in [0.4, 0.5) is 0 Å². The van der Waals surface area contributed by atoms with Gasteiger partial charge in [-0.25, -0.2) is 8.42 Å². The van der Waals surface area contributed by atoms with Crippen molar-refractivity contribution in [2.45, 2.75) is 31.6 Å². The average molecular weight is 237 g/mol. The molecule has 0 aromatic carbocycles. The second-order valence-electron chi connectivity index (χ2n) is 4.16. The Balaban J connectivity index is 3.02. The summed E-state index contributed by atoms with van der Waals surface area (Å²) >= 11 is 0. The monoisotopic (exact) mass is 237 g/mol. The van der Waals surface area contributed by atoms with Crippen LogP contribution >= 0.6 is 0 Å². The van der Waals surface area contributed by atoms with Crippen molar-refractivity contribution >= 4 is 16.0 Å². The summed E-state index contributed by atoms with van der Waals surface area (Å²) in [6.07, 6.45) is 0. The van der Waals surface area contributed by atoms with Gasteiger partial charge < -0.3 is 9.84 Å². The van der Waals surface area contributed by atoms with Crippen LogP contribution in [0.3, 0.4) is 0 Å². The fraction of sp³-hybridized carbons (Fsp3) is 0.875. The van der Waals surface area contributed by atoms with Gasteiger partial charge in [0.2, 0.25) is 10.0 Å². The molecule has 1 fully saturated rings. The molecule has 0 aliphatic carbocycles. The predicted molar refractivity (Wildman–Crippen MR) is 52.8 cm³/mol. The SMILES string of the molecule is CC(C(=O)O)S(=O)(=O)N1COCC1(C)C. The van der Waals surface area contributed by atoms with Crippen LogP contribution < -0.4 is 0 Å². The molecule has 1 heterocycles.